The first-order valence-corrected chi connectivity index (χ1v) is 12.0. The summed E-state index contributed by atoms with van der Waals surface area (Å²) in [6.45, 7) is 1.69. The highest BCUT2D eigenvalue weighted by atomic mass is 35.5. The normalized spacial score (nSPS) is 17.8. The molecule has 2 atom stereocenters. The molecule has 8 nitrogen and oxygen atoms in total. The predicted molar refractivity (Wildman–Crippen MR) is 126 cm³/mol. The van der Waals surface area contributed by atoms with Crippen LogP contribution in [0.2, 0.25) is 10.0 Å². The van der Waals surface area contributed by atoms with Crippen LogP contribution >= 0.6 is 23.2 Å². The summed E-state index contributed by atoms with van der Waals surface area (Å²) in [5, 5.41) is 5.01. The van der Waals surface area contributed by atoms with Crippen LogP contribution in [0.15, 0.2) is 64.6 Å². The van der Waals surface area contributed by atoms with Crippen LogP contribution in [0.4, 0.5) is 5.82 Å². The van der Waals surface area contributed by atoms with Gasteiger partial charge in [-0.15, -0.1) is 0 Å². The van der Waals surface area contributed by atoms with Crippen molar-refractivity contribution in [3.05, 3.63) is 70.3 Å². The molecule has 1 aromatic heterocycles. The van der Waals surface area contributed by atoms with Gasteiger partial charge in [-0.3, -0.25) is 4.79 Å². The first-order chi connectivity index (χ1) is 15.6. The number of ether oxygens (including phenoxy) is 1. The Morgan fingerprint density at radius 3 is 2.42 bits per heavy atom. The Kier molecular flexibility index (Phi) is 6.22. The molecule has 172 valence electrons. The van der Waals surface area contributed by atoms with Crippen molar-refractivity contribution in [1.82, 2.24) is 14.1 Å². The maximum atomic E-state index is 13.7. The number of rotatable bonds is 5. The van der Waals surface area contributed by atoms with Gasteiger partial charge in [-0.1, -0.05) is 29.3 Å². The molecule has 1 aliphatic heterocycles. The van der Waals surface area contributed by atoms with Gasteiger partial charge in [0.2, 0.25) is 5.91 Å². The molecular formula is C22H20Cl2N4O4S. The number of halogens is 2. The summed E-state index contributed by atoms with van der Waals surface area (Å²) in [6, 6.07) is 11.9. The maximum absolute atomic E-state index is 13.7. The van der Waals surface area contributed by atoms with Gasteiger partial charge in [-0.05, 0) is 48.9 Å². The number of sulfonamides is 1. The molecule has 2 heterocycles. The second-order valence-electron chi connectivity index (χ2n) is 7.47. The van der Waals surface area contributed by atoms with E-state index in [1.807, 2.05) is 0 Å². The minimum atomic E-state index is -4.12. The summed E-state index contributed by atoms with van der Waals surface area (Å²) in [5.41, 5.74) is 1.11. The molecule has 1 aliphatic rings. The molecule has 0 fully saturated rings. The van der Waals surface area contributed by atoms with E-state index in [0.717, 1.165) is 4.31 Å². The van der Waals surface area contributed by atoms with Crippen LogP contribution < -0.4 is 4.74 Å². The van der Waals surface area contributed by atoms with Crippen LogP contribution in [-0.2, 0) is 14.8 Å². The number of methoxy groups -OCH3 is 1. The summed E-state index contributed by atoms with van der Waals surface area (Å²) in [5.74, 6) is -0.533. The summed E-state index contributed by atoms with van der Waals surface area (Å²) in [7, 11) is -1.41. The Hall–Kier alpha value is -2.88. The Morgan fingerprint density at radius 1 is 1.09 bits per heavy atom. The van der Waals surface area contributed by atoms with Gasteiger partial charge < -0.3 is 4.74 Å². The molecular weight excluding hydrogens is 487 g/mol. The lowest BCUT2D eigenvalue weighted by Gasteiger charge is -2.33. The Morgan fingerprint density at radius 2 is 1.79 bits per heavy atom. The third-order valence-corrected chi connectivity index (χ3v) is 8.06. The molecule has 1 amide bonds. The van der Waals surface area contributed by atoms with Crippen LogP contribution in [0.5, 0.6) is 5.75 Å². The number of hydrogen-bond acceptors (Lipinski definition) is 6. The smallest absolute Gasteiger partial charge is 0.266 e. The van der Waals surface area contributed by atoms with Gasteiger partial charge in [0.15, 0.2) is 5.82 Å². The molecule has 0 radical (unpaired) electrons. The fourth-order valence-electron chi connectivity index (χ4n) is 3.79. The largest absolute Gasteiger partial charge is 0.497 e. The second kappa shape index (κ2) is 8.81. The Labute approximate surface area is 201 Å². The fourth-order valence-corrected chi connectivity index (χ4v) is 5.25. The van der Waals surface area contributed by atoms with Crippen LogP contribution in [0.3, 0.4) is 0 Å². The maximum Gasteiger partial charge on any atom is 0.266 e. The third-order valence-electron chi connectivity index (χ3n) is 5.55. The van der Waals surface area contributed by atoms with E-state index in [1.165, 1.54) is 38.4 Å². The molecule has 3 aromatic rings. The van der Waals surface area contributed by atoms with Gasteiger partial charge in [-0.2, -0.15) is 5.10 Å². The van der Waals surface area contributed by atoms with Gasteiger partial charge in [-0.25, -0.2) is 22.4 Å². The van der Waals surface area contributed by atoms with E-state index < -0.39 is 27.9 Å². The number of nitrogens with zero attached hydrogens (tertiary/aromatic N) is 4. The van der Waals surface area contributed by atoms with Crippen LogP contribution in [0.25, 0.3) is 0 Å². The molecule has 0 spiro atoms. The van der Waals surface area contributed by atoms with Gasteiger partial charge in [0, 0.05) is 18.8 Å². The topological polar surface area (TPSA) is 93.9 Å². The average Bonchev–Trinajstić information content (AvgIpc) is 3.27. The molecule has 0 N–H and O–H groups in total. The van der Waals surface area contributed by atoms with E-state index in [-0.39, 0.29) is 4.90 Å². The van der Waals surface area contributed by atoms with Crippen LogP contribution in [0, 0.1) is 5.92 Å². The van der Waals surface area contributed by atoms with Crippen LogP contribution in [0.1, 0.15) is 18.5 Å². The zero-order valence-corrected chi connectivity index (χ0v) is 20.3. The minimum absolute atomic E-state index is 0.0320. The minimum Gasteiger partial charge on any atom is -0.497 e. The van der Waals surface area contributed by atoms with Crippen molar-refractivity contribution in [2.24, 2.45) is 10.9 Å². The fraction of sp³-hybridized carbons (Fsp3) is 0.227. The second-order valence-corrected chi connectivity index (χ2v) is 10.3. The zero-order chi connectivity index (χ0) is 23.9. The van der Waals surface area contributed by atoms with Crippen molar-refractivity contribution < 1.29 is 17.9 Å². The molecule has 4 rings (SSSR count). The number of carbonyl (C=O) groups is 1. The van der Waals surface area contributed by atoms with Gasteiger partial charge >= 0.3 is 0 Å². The Bertz CT molecular complexity index is 1350. The van der Waals surface area contributed by atoms with E-state index in [4.69, 9.17) is 27.9 Å². The van der Waals surface area contributed by atoms with Crippen molar-refractivity contribution in [2.75, 3.05) is 14.2 Å². The van der Waals surface area contributed by atoms with Crippen molar-refractivity contribution in [2.45, 2.75) is 17.9 Å². The van der Waals surface area contributed by atoms with Crippen molar-refractivity contribution in [3.63, 3.8) is 0 Å². The lowest BCUT2D eigenvalue weighted by Crippen LogP contribution is -2.45. The summed E-state index contributed by atoms with van der Waals surface area (Å²) in [6.07, 6.45) is 1.57. The van der Waals surface area contributed by atoms with Gasteiger partial charge in [0.1, 0.15) is 11.7 Å². The van der Waals surface area contributed by atoms with Crippen molar-refractivity contribution in [3.8, 4) is 5.75 Å². The Balaban J connectivity index is 1.77. The monoisotopic (exact) mass is 506 g/mol. The molecule has 11 heteroatoms. The summed E-state index contributed by atoms with van der Waals surface area (Å²) < 4.78 is 33.9. The van der Waals surface area contributed by atoms with E-state index in [1.54, 1.807) is 42.1 Å². The number of benzene rings is 2. The van der Waals surface area contributed by atoms with Gasteiger partial charge in [0.05, 0.1) is 34.3 Å². The summed E-state index contributed by atoms with van der Waals surface area (Å²) >= 11 is 12.3. The SMILES string of the molecule is COc1ccc(S(=O)(=O)N(C)C(=O)C2C(C)=Nc3ccnn3C2c2ccc(Cl)c(Cl)c2)cc1. The molecule has 33 heavy (non-hydrogen) atoms. The third kappa shape index (κ3) is 4.12. The molecule has 0 saturated carbocycles. The first kappa shape index (κ1) is 23.3. The van der Waals surface area contributed by atoms with E-state index in [9.17, 15) is 13.2 Å². The van der Waals surface area contributed by atoms with Gasteiger partial charge in [0.25, 0.3) is 10.0 Å². The number of aromatic nitrogens is 2. The number of fused-ring (bicyclic) bond motifs is 1. The predicted octanol–water partition coefficient (Wildman–Crippen LogP) is 4.36. The highest BCUT2D eigenvalue weighted by Crippen LogP contribution is 2.39. The molecule has 0 saturated heterocycles. The quantitative estimate of drug-likeness (QED) is 0.512. The average molecular weight is 507 g/mol. The van der Waals surface area contributed by atoms with Crippen molar-refractivity contribution in [1.29, 1.82) is 0 Å². The van der Waals surface area contributed by atoms with Crippen molar-refractivity contribution >= 4 is 50.7 Å². The lowest BCUT2D eigenvalue weighted by molar-refractivity contribution is -0.128. The number of carbonyl (C=O) groups excluding carboxylic acids is 1. The van der Waals surface area contributed by atoms with Crippen LogP contribution in [-0.4, -0.2) is 48.3 Å². The highest BCUT2D eigenvalue weighted by molar-refractivity contribution is 7.89. The number of hydrogen-bond donors (Lipinski definition) is 0. The summed E-state index contributed by atoms with van der Waals surface area (Å²) in [4.78, 5) is 18.1. The molecule has 2 unspecified atom stereocenters. The standard InChI is InChI=1S/C22H20Cl2N4O4S/c1-13-20(22(29)27(2)33(30,31)16-7-5-15(32-3)6-8-16)21(28-19(26-13)10-11-25-28)14-4-9-17(23)18(24)12-14/h4-12,20-21H,1-3H3. The molecule has 0 bridgehead atoms. The molecule has 2 aromatic carbocycles. The first-order valence-electron chi connectivity index (χ1n) is 9.85. The molecule has 0 aliphatic carbocycles. The number of amides is 1. The van der Waals surface area contributed by atoms with E-state index in [2.05, 4.69) is 10.1 Å². The van der Waals surface area contributed by atoms with E-state index in [0.29, 0.717) is 32.9 Å². The van der Waals surface area contributed by atoms with E-state index >= 15 is 0 Å². The highest BCUT2D eigenvalue weighted by Gasteiger charge is 2.42. The zero-order valence-electron chi connectivity index (χ0n) is 17.9. The lowest BCUT2D eigenvalue weighted by atomic mass is 9.87. The number of aliphatic imine (C=N–C) groups is 1.